The van der Waals surface area contributed by atoms with Crippen LogP contribution in [0.25, 0.3) is 0 Å². The average molecular weight is 445 g/mol. The third-order valence-corrected chi connectivity index (χ3v) is 5.83. The summed E-state index contributed by atoms with van der Waals surface area (Å²) in [6, 6.07) is 21.4. The van der Waals surface area contributed by atoms with E-state index in [9.17, 15) is 13.2 Å². The Balaban J connectivity index is 1.66. The van der Waals surface area contributed by atoms with E-state index in [0.717, 1.165) is 0 Å². The lowest BCUT2D eigenvalue weighted by atomic mass is 10.2. The summed E-state index contributed by atoms with van der Waals surface area (Å²) >= 11 is 5.95. The number of benzene rings is 3. The summed E-state index contributed by atoms with van der Waals surface area (Å²) in [5.41, 5.74) is 0.936. The lowest BCUT2D eigenvalue weighted by molar-refractivity contribution is -0.122. The van der Waals surface area contributed by atoms with Crippen LogP contribution in [0.2, 0.25) is 5.02 Å². The summed E-state index contributed by atoms with van der Waals surface area (Å²) in [6.45, 7) is 1.83. The number of hydrogen-bond acceptors (Lipinski definition) is 4. The first-order valence-electron chi connectivity index (χ1n) is 9.28. The molecule has 0 radical (unpaired) electrons. The van der Waals surface area contributed by atoms with Crippen LogP contribution < -0.4 is 14.8 Å². The van der Waals surface area contributed by atoms with Gasteiger partial charge >= 0.3 is 0 Å². The predicted octanol–water partition coefficient (Wildman–Crippen LogP) is 4.94. The molecule has 0 aliphatic rings. The molecule has 30 heavy (non-hydrogen) atoms. The van der Waals surface area contributed by atoms with Crippen LogP contribution in [0, 0.1) is 0 Å². The predicted molar refractivity (Wildman–Crippen MR) is 118 cm³/mol. The van der Waals surface area contributed by atoms with Crippen molar-refractivity contribution in [2.45, 2.75) is 24.3 Å². The van der Waals surface area contributed by atoms with Gasteiger partial charge in [-0.15, -0.1) is 0 Å². The fourth-order valence-electron chi connectivity index (χ4n) is 2.69. The van der Waals surface area contributed by atoms with Gasteiger partial charge in [-0.1, -0.05) is 42.8 Å². The second kappa shape index (κ2) is 9.65. The van der Waals surface area contributed by atoms with Gasteiger partial charge in [0.25, 0.3) is 15.9 Å². The normalized spacial score (nSPS) is 12.1. The molecule has 0 aromatic heterocycles. The Morgan fingerprint density at radius 1 is 0.967 bits per heavy atom. The van der Waals surface area contributed by atoms with Gasteiger partial charge in [0.2, 0.25) is 0 Å². The van der Waals surface area contributed by atoms with Gasteiger partial charge in [-0.3, -0.25) is 9.52 Å². The van der Waals surface area contributed by atoms with Crippen LogP contribution in [0.3, 0.4) is 0 Å². The Bertz CT molecular complexity index is 1100. The molecular formula is C22H21ClN2O4S. The molecule has 0 saturated carbocycles. The number of nitrogens with one attached hydrogen (secondary N) is 2. The minimum atomic E-state index is -3.72. The van der Waals surface area contributed by atoms with Crippen molar-refractivity contribution in [3.8, 4) is 5.75 Å². The molecule has 3 rings (SSSR count). The highest BCUT2D eigenvalue weighted by Crippen LogP contribution is 2.21. The maximum Gasteiger partial charge on any atom is 0.265 e. The molecular weight excluding hydrogens is 424 g/mol. The molecule has 1 unspecified atom stereocenters. The SMILES string of the molecule is CCC(Oc1cccc(Cl)c1)C(=O)Nc1ccc(S(=O)(=O)Nc2ccccc2)cc1. The van der Waals surface area contributed by atoms with Crippen molar-refractivity contribution in [3.63, 3.8) is 0 Å². The molecule has 0 aliphatic carbocycles. The number of anilines is 2. The second-order valence-corrected chi connectivity index (χ2v) is 8.58. The van der Waals surface area contributed by atoms with Gasteiger partial charge in [0.15, 0.2) is 6.10 Å². The van der Waals surface area contributed by atoms with Crippen LogP contribution in [-0.2, 0) is 14.8 Å². The Morgan fingerprint density at radius 3 is 2.30 bits per heavy atom. The van der Waals surface area contributed by atoms with Crippen LogP contribution >= 0.6 is 11.6 Å². The molecule has 0 saturated heterocycles. The monoisotopic (exact) mass is 444 g/mol. The fraction of sp³-hybridized carbons (Fsp3) is 0.136. The summed E-state index contributed by atoms with van der Waals surface area (Å²) in [5, 5.41) is 3.26. The highest BCUT2D eigenvalue weighted by atomic mass is 35.5. The number of para-hydroxylation sites is 1. The zero-order valence-corrected chi connectivity index (χ0v) is 17.8. The van der Waals surface area contributed by atoms with Crippen molar-refractivity contribution in [2.24, 2.45) is 0 Å². The van der Waals surface area contributed by atoms with E-state index in [1.807, 2.05) is 6.92 Å². The number of amides is 1. The molecule has 2 N–H and O–H groups in total. The average Bonchev–Trinajstić information content (AvgIpc) is 2.73. The molecule has 3 aromatic rings. The number of hydrogen-bond donors (Lipinski definition) is 2. The van der Waals surface area contributed by atoms with E-state index in [4.69, 9.17) is 16.3 Å². The summed E-state index contributed by atoms with van der Waals surface area (Å²) in [5.74, 6) is 0.161. The minimum Gasteiger partial charge on any atom is -0.481 e. The highest BCUT2D eigenvalue weighted by molar-refractivity contribution is 7.92. The van der Waals surface area contributed by atoms with Gasteiger partial charge in [-0.25, -0.2) is 8.42 Å². The van der Waals surface area contributed by atoms with Crippen molar-refractivity contribution in [2.75, 3.05) is 10.0 Å². The van der Waals surface area contributed by atoms with Crippen molar-refractivity contribution in [1.82, 2.24) is 0 Å². The maximum absolute atomic E-state index is 12.6. The molecule has 0 bridgehead atoms. The minimum absolute atomic E-state index is 0.0894. The first-order valence-corrected chi connectivity index (χ1v) is 11.1. The standard InChI is InChI=1S/C22H21ClN2O4S/c1-2-21(29-19-10-6-7-16(23)15-19)22(26)24-17-11-13-20(14-12-17)30(27,28)25-18-8-4-3-5-9-18/h3-15,21,25H,2H2,1H3,(H,24,26). The van der Waals surface area contributed by atoms with E-state index >= 15 is 0 Å². The van der Waals surface area contributed by atoms with Crippen molar-refractivity contribution in [1.29, 1.82) is 0 Å². The Kier molecular flexibility index (Phi) is 6.97. The van der Waals surface area contributed by atoms with Crippen molar-refractivity contribution in [3.05, 3.63) is 83.9 Å². The molecule has 0 heterocycles. The van der Waals surface area contributed by atoms with E-state index in [2.05, 4.69) is 10.0 Å². The smallest absolute Gasteiger partial charge is 0.265 e. The molecule has 3 aromatic carbocycles. The fourth-order valence-corrected chi connectivity index (χ4v) is 3.93. The zero-order chi connectivity index (χ0) is 21.6. The molecule has 0 aliphatic heterocycles. The summed E-state index contributed by atoms with van der Waals surface area (Å²) < 4.78 is 33.2. The molecule has 0 spiro atoms. The number of carbonyl (C=O) groups excluding carboxylic acids is 1. The van der Waals surface area contributed by atoms with Crippen LogP contribution in [0.4, 0.5) is 11.4 Å². The van der Waals surface area contributed by atoms with E-state index in [0.29, 0.717) is 28.6 Å². The number of carbonyl (C=O) groups is 1. The van der Waals surface area contributed by atoms with Crippen molar-refractivity contribution < 1.29 is 17.9 Å². The summed E-state index contributed by atoms with van der Waals surface area (Å²) in [7, 11) is -3.72. The Labute approximate surface area is 180 Å². The number of sulfonamides is 1. The van der Waals surface area contributed by atoms with Gasteiger partial charge in [0.1, 0.15) is 5.75 Å². The molecule has 1 atom stereocenters. The maximum atomic E-state index is 12.6. The summed E-state index contributed by atoms with van der Waals surface area (Å²) in [4.78, 5) is 12.6. The zero-order valence-electron chi connectivity index (χ0n) is 16.2. The van der Waals surface area contributed by atoms with E-state index in [-0.39, 0.29) is 10.8 Å². The summed E-state index contributed by atoms with van der Waals surface area (Å²) in [6.07, 6.45) is -0.266. The lowest BCUT2D eigenvalue weighted by Gasteiger charge is -2.17. The first kappa shape index (κ1) is 21.7. The largest absolute Gasteiger partial charge is 0.481 e. The van der Waals surface area contributed by atoms with Gasteiger partial charge < -0.3 is 10.1 Å². The number of ether oxygens (including phenoxy) is 1. The van der Waals surface area contributed by atoms with Crippen LogP contribution in [-0.4, -0.2) is 20.4 Å². The molecule has 0 fully saturated rings. The third-order valence-electron chi connectivity index (χ3n) is 4.20. The van der Waals surface area contributed by atoms with Gasteiger partial charge in [-0.05, 0) is 61.0 Å². The third kappa shape index (κ3) is 5.75. The van der Waals surface area contributed by atoms with Gasteiger partial charge in [0, 0.05) is 16.4 Å². The Morgan fingerprint density at radius 2 is 1.67 bits per heavy atom. The lowest BCUT2D eigenvalue weighted by Crippen LogP contribution is -2.32. The molecule has 8 heteroatoms. The molecule has 6 nitrogen and oxygen atoms in total. The quantitative estimate of drug-likeness (QED) is 0.515. The van der Waals surface area contributed by atoms with Gasteiger partial charge in [-0.2, -0.15) is 0 Å². The molecule has 156 valence electrons. The van der Waals surface area contributed by atoms with Crippen LogP contribution in [0.5, 0.6) is 5.75 Å². The van der Waals surface area contributed by atoms with Crippen LogP contribution in [0.15, 0.2) is 83.8 Å². The van der Waals surface area contributed by atoms with Crippen molar-refractivity contribution >= 4 is 38.9 Å². The van der Waals surface area contributed by atoms with E-state index < -0.39 is 16.1 Å². The first-order chi connectivity index (χ1) is 14.4. The topological polar surface area (TPSA) is 84.5 Å². The van der Waals surface area contributed by atoms with Crippen LogP contribution in [0.1, 0.15) is 13.3 Å². The van der Waals surface area contributed by atoms with Gasteiger partial charge in [0.05, 0.1) is 4.90 Å². The molecule has 1 amide bonds. The van der Waals surface area contributed by atoms with E-state index in [1.54, 1.807) is 54.6 Å². The number of halogens is 1. The van der Waals surface area contributed by atoms with E-state index in [1.165, 1.54) is 24.3 Å². The Hall–Kier alpha value is -3.03. The second-order valence-electron chi connectivity index (χ2n) is 6.46. The highest BCUT2D eigenvalue weighted by Gasteiger charge is 2.19. The number of rotatable bonds is 8.